The summed E-state index contributed by atoms with van der Waals surface area (Å²) >= 11 is 0. The van der Waals surface area contributed by atoms with Crippen molar-refractivity contribution in [2.75, 3.05) is 20.6 Å². The van der Waals surface area contributed by atoms with E-state index in [0.717, 1.165) is 12.5 Å². The molecule has 0 amide bonds. The van der Waals surface area contributed by atoms with E-state index in [9.17, 15) is 0 Å². The summed E-state index contributed by atoms with van der Waals surface area (Å²) in [7, 11) is 3.75. The molecule has 1 aliphatic rings. The highest BCUT2D eigenvalue weighted by molar-refractivity contribution is 5.77. The third-order valence-corrected chi connectivity index (χ3v) is 2.63. The van der Waals surface area contributed by atoms with Crippen LogP contribution in [0, 0.1) is 5.92 Å². The minimum atomic E-state index is 0.655. The number of nitrogens with two attached hydrogens (primary N) is 1. The van der Waals surface area contributed by atoms with Crippen LogP contribution in [0.15, 0.2) is 4.99 Å². The van der Waals surface area contributed by atoms with Gasteiger partial charge in [0.15, 0.2) is 5.96 Å². The van der Waals surface area contributed by atoms with E-state index in [4.69, 9.17) is 5.73 Å². The Kier molecular flexibility index (Phi) is 3.38. The van der Waals surface area contributed by atoms with Gasteiger partial charge in [0.2, 0.25) is 0 Å². The second kappa shape index (κ2) is 4.33. The summed E-state index contributed by atoms with van der Waals surface area (Å²) in [6.07, 6.45) is 5.51. The van der Waals surface area contributed by atoms with E-state index in [1.807, 2.05) is 7.05 Å². The second-order valence-electron chi connectivity index (χ2n) is 3.61. The minimum Gasteiger partial charge on any atom is -0.370 e. The standard InChI is InChI=1S/C9H19N3/c1-11-9(10)12(2)7-8-5-3-4-6-8/h8H,3-7H2,1-2H3,(H2,10,11). The number of hydrogen-bond donors (Lipinski definition) is 1. The van der Waals surface area contributed by atoms with Gasteiger partial charge in [0.1, 0.15) is 0 Å². The molecule has 0 saturated heterocycles. The van der Waals surface area contributed by atoms with Crippen LogP contribution >= 0.6 is 0 Å². The zero-order valence-electron chi connectivity index (χ0n) is 8.08. The number of guanidine groups is 1. The predicted molar refractivity (Wildman–Crippen MR) is 52.1 cm³/mol. The summed E-state index contributed by atoms with van der Waals surface area (Å²) < 4.78 is 0. The van der Waals surface area contributed by atoms with Crippen LogP contribution in [0.3, 0.4) is 0 Å². The third-order valence-electron chi connectivity index (χ3n) is 2.63. The molecule has 0 bridgehead atoms. The molecule has 1 rings (SSSR count). The van der Waals surface area contributed by atoms with Crippen LogP contribution in [0.25, 0.3) is 0 Å². The molecule has 0 aromatic heterocycles. The fourth-order valence-electron chi connectivity index (χ4n) is 1.84. The third kappa shape index (κ3) is 2.40. The van der Waals surface area contributed by atoms with E-state index >= 15 is 0 Å². The van der Waals surface area contributed by atoms with Gasteiger partial charge in [-0.2, -0.15) is 0 Å². The first kappa shape index (κ1) is 9.36. The van der Waals surface area contributed by atoms with Crippen molar-refractivity contribution in [2.45, 2.75) is 25.7 Å². The Bertz CT molecular complexity index is 159. The van der Waals surface area contributed by atoms with Crippen LogP contribution in [-0.2, 0) is 0 Å². The van der Waals surface area contributed by atoms with Crippen molar-refractivity contribution in [1.82, 2.24) is 4.90 Å². The molecule has 0 aromatic carbocycles. The van der Waals surface area contributed by atoms with Crippen molar-refractivity contribution in [2.24, 2.45) is 16.6 Å². The molecule has 1 saturated carbocycles. The lowest BCUT2D eigenvalue weighted by atomic mass is 10.1. The Morgan fingerprint density at radius 3 is 2.58 bits per heavy atom. The highest BCUT2D eigenvalue weighted by Crippen LogP contribution is 2.24. The Labute approximate surface area is 74.6 Å². The summed E-state index contributed by atoms with van der Waals surface area (Å²) in [5, 5.41) is 0. The van der Waals surface area contributed by atoms with Crippen molar-refractivity contribution in [3.63, 3.8) is 0 Å². The van der Waals surface area contributed by atoms with E-state index in [-0.39, 0.29) is 0 Å². The molecule has 3 nitrogen and oxygen atoms in total. The molecule has 0 aromatic rings. The monoisotopic (exact) mass is 169 g/mol. The van der Waals surface area contributed by atoms with Crippen molar-refractivity contribution < 1.29 is 0 Å². The van der Waals surface area contributed by atoms with Crippen LogP contribution in [0.5, 0.6) is 0 Å². The Balaban J connectivity index is 2.29. The highest BCUT2D eigenvalue weighted by Gasteiger charge is 2.17. The molecule has 12 heavy (non-hydrogen) atoms. The van der Waals surface area contributed by atoms with Gasteiger partial charge in [0, 0.05) is 20.6 Å². The van der Waals surface area contributed by atoms with Crippen molar-refractivity contribution in [1.29, 1.82) is 0 Å². The van der Waals surface area contributed by atoms with Gasteiger partial charge >= 0.3 is 0 Å². The van der Waals surface area contributed by atoms with Gasteiger partial charge in [0.25, 0.3) is 0 Å². The molecule has 0 radical (unpaired) electrons. The van der Waals surface area contributed by atoms with Crippen molar-refractivity contribution in [3.05, 3.63) is 0 Å². The Morgan fingerprint density at radius 2 is 2.08 bits per heavy atom. The Morgan fingerprint density at radius 1 is 1.50 bits per heavy atom. The van der Waals surface area contributed by atoms with E-state index in [1.54, 1.807) is 7.05 Å². The summed E-state index contributed by atoms with van der Waals surface area (Å²) in [6, 6.07) is 0. The Hall–Kier alpha value is -0.730. The maximum absolute atomic E-state index is 5.67. The van der Waals surface area contributed by atoms with Gasteiger partial charge in [-0.05, 0) is 18.8 Å². The predicted octanol–water partition coefficient (Wildman–Crippen LogP) is 1.05. The highest BCUT2D eigenvalue weighted by atomic mass is 15.2. The lowest BCUT2D eigenvalue weighted by Gasteiger charge is -2.21. The fraction of sp³-hybridized carbons (Fsp3) is 0.889. The molecule has 0 aliphatic heterocycles. The van der Waals surface area contributed by atoms with Crippen LogP contribution in [0.2, 0.25) is 0 Å². The smallest absolute Gasteiger partial charge is 0.190 e. The van der Waals surface area contributed by atoms with E-state index in [1.165, 1.54) is 25.7 Å². The summed E-state index contributed by atoms with van der Waals surface area (Å²) in [4.78, 5) is 6.00. The molecule has 1 fully saturated rings. The van der Waals surface area contributed by atoms with Gasteiger partial charge in [0.05, 0.1) is 0 Å². The second-order valence-corrected chi connectivity index (χ2v) is 3.61. The lowest BCUT2D eigenvalue weighted by molar-refractivity contribution is 0.385. The van der Waals surface area contributed by atoms with Gasteiger partial charge in [-0.25, -0.2) is 0 Å². The normalized spacial score (nSPS) is 20.0. The number of rotatable bonds is 2. The van der Waals surface area contributed by atoms with Crippen LogP contribution in [0.1, 0.15) is 25.7 Å². The lowest BCUT2D eigenvalue weighted by Crippen LogP contribution is -2.36. The first-order valence-corrected chi connectivity index (χ1v) is 4.67. The molecular weight excluding hydrogens is 150 g/mol. The molecule has 0 unspecified atom stereocenters. The minimum absolute atomic E-state index is 0.655. The van der Waals surface area contributed by atoms with Crippen LogP contribution < -0.4 is 5.73 Å². The number of nitrogens with zero attached hydrogens (tertiary/aromatic N) is 2. The van der Waals surface area contributed by atoms with Crippen LogP contribution in [-0.4, -0.2) is 31.5 Å². The first-order chi connectivity index (χ1) is 5.74. The average Bonchev–Trinajstić information content (AvgIpc) is 2.55. The molecular formula is C9H19N3. The molecule has 70 valence electrons. The largest absolute Gasteiger partial charge is 0.370 e. The fourth-order valence-corrected chi connectivity index (χ4v) is 1.84. The maximum Gasteiger partial charge on any atom is 0.190 e. The van der Waals surface area contributed by atoms with Gasteiger partial charge in [-0.3, -0.25) is 4.99 Å². The molecule has 1 aliphatic carbocycles. The molecule has 0 atom stereocenters. The average molecular weight is 169 g/mol. The topological polar surface area (TPSA) is 41.6 Å². The van der Waals surface area contributed by atoms with Gasteiger partial charge in [-0.1, -0.05) is 12.8 Å². The summed E-state index contributed by atoms with van der Waals surface area (Å²) in [5.74, 6) is 1.50. The van der Waals surface area contributed by atoms with E-state index < -0.39 is 0 Å². The quantitative estimate of drug-likeness (QED) is 0.496. The molecule has 0 heterocycles. The van der Waals surface area contributed by atoms with E-state index in [2.05, 4.69) is 9.89 Å². The van der Waals surface area contributed by atoms with Gasteiger partial charge < -0.3 is 10.6 Å². The van der Waals surface area contributed by atoms with Crippen LogP contribution in [0.4, 0.5) is 0 Å². The summed E-state index contributed by atoms with van der Waals surface area (Å²) in [6.45, 7) is 1.07. The van der Waals surface area contributed by atoms with Gasteiger partial charge in [-0.15, -0.1) is 0 Å². The molecule has 0 spiro atoms. The molecule has 3 heteroatoms. The summed E-state index contributed by atoms with van der Waals surface area (Å²) in [5.41, 5.74) is 5.67. The van der Waals surface area contributed by atoms with Crippen molar-refractivity contribution >= 4 is 5.96 Å². The maximum atomic E-state index is 5.67. The zero-order chi connectivity index (χ0) is 8.97. The number of aliphatic imine (C=N–C) groups is 1. The first-order valence-electron chi connectivity index (χ1n) is 4.67. The SMILES string of the molecule is CN=C(N)N(C)CC1CCCC1. The number of hydrogen-bond acceptors (Lipinski definition) is 1. The zero-order valence-corrected chi connectivity index (χ0v) is 8.08. The molecule has 2 N–H and O–H groups in total. The van der Waals surface area contributed by atoms with E-state index in [0.29, 0.717) is 5.96 Å². The van der Waals surface area contributed by atoms with Crippen molar-refractivity contribution in [3.8, 4) is 0 Å².